The summed E-state index contributed by atoms with van der Waals surface area (Å²) in [6, 6.07) is 16.7. The second-order valence-electron chi connectivity index (χ2n) is 8.21. The number of rotatable bonds is 7. The van der Waals surface area contributed by atoms with Crippen molar-refractivity contribution in [2.45, 2.75) is 45.7 Å². The maximum absolute atomic E-state index is 8.90. The quantitative estimate of drug-likeness (QED) is 0.535. The van der Waals surface area contributed by atoms with E-state index in [1.165, 1.54) is 16.2 Å². The molecule has 0 unspecified atom stereocenters. The van der Waals surface area contributed by atoms with Crippen LogP contribution in [0.2, 0.25) is 0 Å². The summed E-state index contributed by atoms with van der Waals surface area (Å²) in [5.74, 6) is 1.50. The molecule has 0 spiro atoms. The average molecular weight is 418 g/mol. The minimum atomic E-state index is 0.349. The third-order valence-electron chi connectivity index (χ3n) is 5.31. The van der Waals surface area contributed by atoms with Crippen molar-refractivity contribution in [3.8, 4) is 6.07 Å². The molecular formula is C24H27N5S. The Balaban J connectivity index is 1.45. The summed E-state index contributed by atoms with van der Waals surface area (Å²) in [5.41, 5.74) is 2.35. The van der Waals surface area contributed by atoms with E-state index in [1.54, 1.807) is 12.3 Å². The first kappa shape index (κ1) is 20.5. The SMILES string of the molecule is CC(C)Cc1ccc(CN2CCC[C@@H]2c2cccc(Nc3ccc(C#N)nc3)n2)s1. The number of aromatic nitrogens is 2. The lowest BCUT2D eigenvalue weighted by atomic mass is 10.1. The highest BCUT2D eigenvalue weighted by atomic mass is 32.1. The van der Waals surface area contributed by atoms with Gasteiger partial charge in [0, 0.05) is 16.3 Å². The number of nitrogens with one attached hydrogen (secondary N) is 1. The zero-order chi connectivity index (χ0) is 20.9. The predicted octanol–water partition coefficient (Wildman–Crippen LogP) is 5.69. The van der Waals surface area contributed by atoms with Gasteiger partial charge in [-0.05, 0) is 68.1 Å². The number of thiophene rings is 1. The largest absolute Gasteiger partial charge is 0.339 e. The smallest absolute Gasteiger partial charge is 0.140 e. The number of anilines is 2. The van der Waals surface area contributed by atoms with Crippen LogP contribution >= 0.6 is 11.3 Å². The molecule has 3 aromatic heterocycles. The predicted molar refractivity (Wildman–Crippen MR) is 122 cm³/mol. The van der Waals surface area contributed by atoms with Gasteiger partial charge in [0.1, 0.15) is 17.6 Å². The third kappa shape index (κ3) is 5.05. The molecule has 30 heavy (non-hydrogen) atoms. The standard InChI is InChI=1S/C24H27N5S/c1-17(2)13-20-10-11-21(30-20)16-29-12-4-6-23(29)22-5-3-7-24(28-22)27-19-9-8-18(14-25)26-15-19/h3,5,7-11,15,17,23H,4,6,12-13,16H2,1-2H3,(H,27,28)/t23-/m1/s1. The lowest BCUT2D eigenvalue weighted by molar-refractivity contribution is 0.247. The van der Waals surface area contributed by atoms with Crippen molar-refractivity contribution >= 4 is 22.8 Å². The van der Waals surface area contributed by atoms with Gasteiger partial charge in [-0.25, -0.2) is 9.97 Å². The van der Waals surface area contributed by atoms with Crippen LogP contribution in [0, 0.1) is 17.2 Å². The van der Waals surface area contributed by atoms with E-state index >= 15 is 0 Å². The van der Waals surface area contributed by atoms with Crippen LogP contribution in [0.4, 0.5) is 11.5 Å². The van der Waals surface area contributed by atoms with Gasteiger partial charge >= 0.3 is 0 Å². The van der Waals surface area contributed by atoms with Crippen LogP contribution < -0.4 is 5.32 Å². The summed E-state index contributed by atoms with van der Waals surface area (Å²) in [5, 5.41) is 12.2. The average Bonchev–Trinajstić information content (AvgIpc) is 3.38. The zero-order valence-electron chi connectivity index (χ0n) is 17.5. The highest BCUT2D eigenvalue weighted by Gasteiger charge is 2.27. The molecule has 5 nitrogen and oxygen atoms in total. The zero-order valence-corrected chi connectivity index (χ0v) is 18.3. The number of pyridine rings is 2. The highest BCUT2D eigenvalue weighted by molar-refractivity contribution is 7.11. The summed E-state index contributed by atoms with van der Waals surface area (Å²) >= 11 is 1.95. The van der Waals surface area contributed by atoms with Gasteiger partial charge in [-0.15, -0.1) is 11.3 Å². The maximum Gasteiger partial charge on any atom is 0.140 e. The van der Waals surface area contributed by atoms with Gasteiger partial charge in [0.15, 0.2) is 0 Å². The summed E-state index contributed by atoms with van der Waals surface area (Å²) in [6.45, 7) is 6.65. The molecule has 0 aliphatic carbocycles. The van der Waals surface area contributed by atoms with Crippen LogP contribution in [0.15, 0.2) is 48.7 Å². The molecule has 3 aromatic rings. The molecule has 1 aliphatic heterocycles. The first-order valence-electron chi connectivity index (χ1n) is 10.5. The van der Waals surface area contributed by atoms with Gasteiger partial charge in [0.2, 0.25) is 0 Å². The Kier molecular flexibility index (Phi) is 6.41. The van der Waals surface area contributed by atoms with E-state index in [0.717, 1.165) is 43.1 Å². The molecular weight excluding hydrogens is 390 g/mol. The van der Waals surface area contributed by atoms with E-state index in [4.69, 9.17) is 10.2 Å². The van der Waals surface area contributed by atoms with Crippen molar-refractivity contribution in [3.63, 3.8) is 0 Å². The molecule has 154 valence electrons. The fourth-order valence-electron chi connectivity index (χ4n) is 3.96. The lowest BCUT2D eigenvalue weighted by Crippen LogP contribution is -2.23. The molecule has 1 saturated heterocycles. The Bertz CT molecular complexity index is 1020. The second-order valence-corrected chi connectivity index (χ2v) is 9.46. The topological polar surface area (TPSA) is 64.8 Å². The van der Waals surface area contributed by atoms with Crippen molar-refractivity contribution in [2.24, 2.45) is 5.92 Å². The van der Waals surface area contributed by atoms with Crippen LogP contribution in [0.3, 0.4) is 0 Å². The number of hydrogen-bond acceptors (Lipinski definition) is 6. The molecule has 0 aromatic carbocycles. The fraction of sp³-hybridized carbons (Fsp3) is 0.375. The normalized spacial score (nSPS) is 16.7. The second kappa shape index (κ2) is 9.38. The Labute approximate surface area is 182 Å². The molecule has 1 atom stereocenters. The third-order valence-corrected chi connectivity index (χ3v) is 6.40. The van der Waals surface area contributed by atoms with Crippen molar-refractivity contribution in [2.75, 3.05) is 11.9 Å². The van der Waals surface area contributed by atoms with Gasteiger partial charge < -0.3 is 5.32 Å². The van der Waals surface area contributed by atoms with Crippen LogP contribution in [0.5, 0.6) is 0 Å². The summed E-state index contributed by atoms with van der Waals surface area (Å²) in [6.07, 6.45) is 5.17. The van der Waals surface area contributed by atoms with Gasteiger partial charge in [0.05, 0.1) is 23.6 Å². The molecule has 0 saturated carbocycles. The van der Waals surface area contributed by atoms with Crippen LogP contribution in [-0.2, 0) is 13.0 Å². The Hall–Kier alpha value is -2.75. The maximum atomic E-state index is 8.90. The van der Waals surface area contributed by atoms with E-state index in [9.17, 15) is 0 Å². The summed E-state index contributed by atoms with van der Waals surface area (Å²) in [4.78, 5) is 14.5. The Morgan fingerprint density at radius 2 is 2.07 bits per heavy atom. The number of nitrogens with zero attached hydrogens (tertiary/aromatic N) is 4. The number of nitriles is 1. The molecule has 0 radical (unpaired) electrons. The number of hydrogen-bond donors (Lipinski definition) is 1. The van der Waals surface area contributed by atoms with E-state index < -0.39 is 0 Å². The Morgan fingerprint density at radius 3 is 2.83 bits per heavy atom. The van der Waals surface area contributed by atoms with E-state index in [2.05, 4.69) is 53.3 Å². The molecule has 1 fully saturated rings. The van der Waals surface area contributed by atoms with Crippen molar-refractivity contribution in [3.05, 3.63) is 69.8 Å². The lowest BCUT2D eigenvalue weighted by Gasteiger charge is -2.24. The molecule has 4 rings (SSSR count). The molecule has 6 heteroatoms. The molecule has 4 heterocycles. The van der Waals surface area contributed by atoms with E-state index in [0.29, 0.717) is 17.7 Å². The molecule has 1 aliphatic rings. The minimum Gasteiger partial charge on any atom is -0.339 e. The van der Waals surface area contributed by atoms with E-state index in [1.807, 2.05) is 29.5 Å². The van der Waals surface area contributed by atoms with E-state index in [-0.39, 0.29) is 0 Å². The molecule has 1 N–H and O–H groups in total. The molecule has 0 bridgehead atoms. The number of likely N-dealkylation sites (tertiary alicyclic amines) is 1. The van der Waals surface area contributed by atoms with Gasteiger partial charge in [-0.1, -0.05) is 19.9 Å². The first-order chi connectivity index (χ1) is 14.6. The van der Waals surface area contributed by atoms with Gasteiger partial charge in [0.25, 0.3) is 0 Å². The van der Waals surface area contributed by atoms with Crippen molar-refractivity contribution < 1.29 is 0 Å². The minimum absolute atomic E-state index is 0.349. The Morgan fingerprint density at radius 1 is 1.20 bits per heavy atom. The van der Waals surface area contributed by atoms with Crippen molar-refractivity contribution in [1.82, 2.24) is 14.9 Å². The first-order valence-corrected chi connectivity index (χ1v) is 11.3. The molecule has 0 amide bonds. The summed E-state index contributed by atoms with van der Waals surface area (Å²) in [7, 11) is 0. The fourth-order valence-corrected chi connectivity index (χ4v) is 5.21. The van der Waals surface area contributed by atoms with Crippen LogP contribution in [0.25, 0.3) is 0 Å². The van der Waals surface area contributed by atoms with Gasteiger partial charge in [-0.3, -0.25) is 4.90 Å². The highest BCUT2D eigenvalue weighted by Crippen LogP contribution is 2.34. The summed E-state index contributed by atoms with van der Waals surface area (Å²) < 4.78 is 0. The van der Waals surface area contributed by atoms with Crippen LogP contribution in [0.1, 0.15) is 53.9 Å². The van der Waals surface area contributed by atoms with Crippen LogP contribution in [-0.4, -0.2) is 21.4 Å². The monoisotopic (exact) mass is 417 g/mol. The van der Waals surface area contributed by atoms with Crippen molar-refractivity contribution in [1.29, 1.82) is 5.26 Å². The van der Waals surface area contributed by atoms with Gasteiger partial charge in [-0.2, -0.15) is 5.26 Å².